The van der Waals surface area contributed by atoms with Crippen LogP contribution in [-0.4, -0.2) is 25.9 Å². The molecule has 0 bridgehead atoms. The molecule has 0 aliphatic heterocycles. The van der Waals surface area contributed by atoms with Gasteiger partial charge in [0.15, 0.2) is 18.9 Å². The van der Waals surface area contributed by atoms with Crippen LogP contribution in [0, 0.1) is 0 Å². The molecule has 0 spiro atoms. The quantitative estimate of drug-likeness (QED) is 0.0405. The maximum Gasteiger partial charge on any atom is 0.176 e. The Labute approximate surface area is 294 Å². The first kappa shape index (κ1) is 43.6. The van der Waals surface area contributed by atoms with Crippen LogP contribution < -0.4 is 4.57 Å². The first-order valence-corrected chi connectivity index (χ1v) is 20.8. The fourth-order valence-electron chi connectivity index (χ4n) is 6.21. The van der Waals surface area contributed by atoms with Crippen molar-refractivity contribution in [3.05, 3.63) is 54.9 Å². The van der Waals surface area contributed by atoms with Crippen LogP contribution in [0.2, 0.25) is 0 Å². The number of aromatic nitrogens is 1. The molecular formula is C44H80NO2+. The summed E-state index contributed by atoms with van der Waals surface area (Å²) in [4.78, 5) is 0. The largest absolute Gasteiger partial charge is 0.378 e. The van der Waals surface area contributed by atoms with Crippen molar-refractivity contribution < 1.29 is 14.0 Å². The second-order valence-electron chi connectivity index (χ2n) is 14.0. The average Bonchev–Trinajstić information content (AvgIpc) is 3.09. The minimum absolute atomic E-state index is 0.125. The number of unbranched alkanes of at least 4 members (excludes halogenated alkanes) is 24. The summed E-state index contributed by atoms with van der Waals surface area (Å²) in [6, 6.07) is 6.26. The van der Waals surface area contributed by atoms with E-state index in [1.807, 2.05) is 0 Å². The minimum atomic E-state index is 0.125. The summed E-state index contributed by atoms with van der Waals surface area (Å²) in [6.07, 6.45) is 51.6. The number of ether oxygens (including phenoxy) is 2. The zero-order valence-corrected chi connectivity index (χ0v) is 31.7. The summed E-state index contributed by atoms with van der Waals surface area (Å²) >= 11 is 0. The Hall–Kier alpha value is -1.45. The topological polar surface area (TPSA) is 22.3 Å². The molecule has 47 heavy (non-hydrogen) atoms. The normalized spacial score (nSPS) is 12.6. The van der Waals surface area contributed by atoms with Gasteiger partial charge in [0.1, 0.15) is 6.10 Å². The molecule has 1 aromatic heterocycles. The molecular weight excluding hydrogens is 574 g/mol. The van der Waals surface area contributed by atoms with Gasteiger partial charge in [-0.1, -0.05) is 160 Å². The van der Waals surface area contributed by atoms with Crippen molar-refractivity contribution in [3.8, 4) is 0 Å². The van der Waals surface area contributed by atoms with Crippen molar-refractivity contribution in [1.82, 2.24) is 0 Å². The molecule has 0 saturated heterocycles. The van der Waals surface area contributed by atoms with E-state index in [0.29, 0.717) is 6.61 Å². The Morgan fingerprint density at radius 1 is 0.447 bits per heavy atom. The molecule has 0 radical (unpaired) electrons. The number of rotatable bonds is 37. The Morgan fingerprint density at radius 2 is 0.830 bits per heavy atom. The predicted molar refractivity (Wildman–Crippen MR) is 206 cm³/mol. The Kier molecular flexibility index (Phi) is 34.6. The third-order valence-electron chi connectivity index (χ3n) is 9.31. The van der Waals surface area contributed by atoms with Gasteiger partial charge in [-0.15, -0.1) is 0 Å². The van der Waals surface area contributed by atoms with Crippen LogP contribution in [0.25, 0.3) is 0 Å². The maximum atomic E-state index is 6.34. The highest BCUT2D eigenvalue weighted by Crippen LogP contribution is 2.12. The van der Waals surface area contributed by atoms with Gasteiger partial charge in [0, 0.05) is 25.3 Å². The van der Waals surface area contributed by atoms with Crippen molar-refractivity contribution in [2.75, 3.05) is 19.8 Å². The van der Waals surface area contributed by atoms with Gasteiger partial charge in [0.2, 0.25) is 0 Å². The zero-order chi connectivity index (χ0) is 33.6. The van der Waals surface area contributed by atoms with E-state index in [0.717, 1.165) is 32.6 Å². The zero-order valence-electron chi connectivity index (χ0n) is 31.7. The van der Waals surface area contributed by atoms with Gasteiger partial charge < -0.3 is 9.47 Å². The van der Waals surface area contributed by atoms with E-state index in [2.05, 4.69) is 73.3 Å². The smallest absolute Gasteiger partial charge is 0.176 e. The molecule has 272 valence electrons. The molecule has 0 aliphatic carbocycles. The van der Waals surface area contributed by atoms with Crippen LogP contribution in [0.4, 0.5) is 0 Å². The van der Waals surface area contributed by atoms with Gasteiger partial charge >= 0.3 is 0 Å². The van der Waals surface area contributed by atoms with E-state index in [1.165, 1.54) is 167 Å². The maximum absolute atomic E-state index is 6.34. The fourth-order valence-corrected chi connectivity index (χ4v) is 6.21. The van der Waals surface area contributed by atoms with E-state index in [9.17, 15) is 0 Å². The molecule has 1 atom stereocenters. The Morgan fingerprint density at radius 3 is 1.28 bits per heavy atom. The highest BCUT2D eigenvalue weighted by atomic mass is 16.5. The van der Waals surface area contributed by atoms with Crippen molar-refractivity contribution in [2.24, 2.45) is 0 Å². The summed E-state index contributed by atoms with van der Waals surface area (Å²) in [5.74, 6) is 0. The number of allylic oxidation sites excluding steroid dienone is 4. The first-order valence-electron chi connectivity index (χ1n) is 20.8. The fraction of sp³-hybridized carbons (Fsp3) is 0.795. The van der Waals surface area contributed by atoms with Crippen LogP contribution in [0.1, 0.15) is 194 Å². The van der Waals surface area contributed by atoms with E-state index in [1.54, 1.807) is 0 Å². The summed E-state index contributed by atoms with van der Waals surface area (Å²) in [7, 11) is 0. The third kappa shape index (κ3) is 32.9. The van der Waals surface area contributed by atoms with Crippen molar-refractivity contribution in [3.63, 3.8) is 0 Å². The number of pyridine rings is 1. The van der Waals surface area contributed by atoms with Crippen LogP contribution in [0.3, 0.4) is 0 Å². The highest BCUT2D eigenvalue weighted by Gasteiger charge is 2.15. The lowest BCUT2D eigenvalue weighted by Gasteiger charge is -2.16. The molecule has 1 aromatic rings. The van der Waals surface area contributed by atoms with E-state index >= 15 is 0 Å². The summed E-state index contributed by atoms with van der Waals surface area (Å²) < 4.78 is 14.7. The summed E-state index contributed by atoms with van der Waals surface area (Å²) in [5, 5.41) is 0. The summed E-state index contributed by atoms with van der Waals surface area (Å²) in [5.41, 5.74) is 0. The number of nitrogens with zero attached hydrogens (tertiary/aromatic N) is 1. The van der Waals surface area contributed by atoms with Crippen LogP contribution in [0.15, 0.2) is 54.9 Å². The number of hydrogen-bond donors (Lipinski definition) is 0. The molecule has 3 nitrogen and oxygen atoms in total. The van der Waals surface area contributed by atoms with E-state index < -0.39 is 0 Å². The minimum Gasteiger partial charge on any atom is -0.378 e. The van der Waals surface area contributed by atoms with Crippen LogP contribution in [0.5, 0.6) is 0 Å². The molecule has 0 aromatic carbocycles. The number of hydrogen-bond acceptors (Lipinski definition) is 2. The molecule has 1 heterocycles. The molecule has 0 amide bonds. The lowest BCUT2D eigenvalue weighted by atomic mass is 10.1. The Bertz CT molecular complexity index is 776. The van der Waals surface area contributed by atoms with Crippen molar-refractivity contribution in [1.29, 1.82) is 0 Å². The van der Waals surface area contributed by atoms with Crippen molar-refractivity contribution >= 4 is 0 Å². The molecule has 0 N–H and O–H groups in total. The second kappa shape index (κ2) is 37.4. The molecule has 1 rings (SSSR count). The van der Waals surface area contributed by atoms with Crippen molar-refractivity contribution in [2.45, 2.75) is 206 Å². The summed E-state index contributed by atoms with van der Waals surface area (Å²) in [6.45, 7) is 7.83. The molecule has 0 saturated carbocycles. The Balaban J connectivity index is 2.00. The molecule has 0 aliphatic rings. The van der Waals surface area contributed by atoms with E-state index in [-0.39, 0.29) is 6.10 Å². The average molecular weight is 655 g/mol. The highest BCUT2D eigenvalue weighted by molar-refractivity contribution is 4.84. The molecule has 0 fully saturated rings. The predicted octanol–water partition coefficient (Wildman–Crippen LogP) is 13.5. The van der Waals surface area contributed by atoms with Gasteiger partial charge in [0.25, 0.3) is 0 Å². The van der Waals surface area contributed by atoms with Gasteiger partial charge in [0.05, 0.1) is 6.61 Å². The van der Waals surface area contributed by atoms with Crippen LogP contribution >= 0.6 is 0 Å². The SMILES string of the molecule is CCCCCCCC/C=C\CCCCCCCCOCC(C[n+]1ccccc1)OCCCCCCCC/C=C\CCCCCCCC. The van der Waals surface area contributed by atoms with Gasteiger partial charge in [-0.2, -0.15) is 0 Å². The molecule has 3 heteroatoms. The van der Waals surface area contributed by atoms with E-state index in [4.69, 9.17) is 9.47 Å². The van der Waals surface area contributed by atoms with Crippen LogP contribution in [-0.2, 0) is 16.0 Å². The molecule has 1 unspecified atom stereocenters. The lowest BCUT2D eigenvalue weighted by Crippen LogP contribution is -2.42. The lowest BCUT2D eigenvalue weighted by molar-refractivity contribution is -0.704. The third-order valence-corrected chi connectivity index (χ3v) is 9.31. The van der Waals surface area contributed by atoms with Gasteiger partial charge in [-0.3, -0.25) is 0 Å². The monoisotopic (exact) mass is 655 g/mol. The van der Waals surface area contributed by atoms with Gasteiger partial charge in [-0.25, -0.2) is 4.57 Å². The first-order chi connectivity index (χ1) is 23.4. The standard InChI is InChI=1S/C44H80NO2/c1-3-5-7-9-11-13-15-17-19-21-23-25-27-29-31-36-40-46-43-44(42-45-38-34-33-35-39-45)47-41-37-32-30-28-26-24-22-20-18-16-14-12-10-8-6-4-2/h17-20,33-35,38-39,44H,3-16,21-32,36-37,40-43H2,1-2H3/q+1/b19-17-,20-18-. The van der Waals surface area contributed by atoms with Gasteiger partial charge in [-0.05, 0) is 64.2 Å². The second-order valence-corrected chi connectivity index (χ2v) is 14.0.